The van der Waals surface area contributed by atoms with Gasteiger partial charge in [0.1, 0.15) is 0 Å². The Bertz CT molecular complexity index is 1110. The summed E-state index contributed by atoms with van der Waals surface area (Å²) in [5.74, 6) is -0.0534. The SMILES string of the molecule is CCCCCCCCCCCCCC/C=C/C(O)C(CO)NC(=O)CCCCCCCCCCC/C=C\CCCCCCCCCCCCCCOC(=O)CCCCCCCCCCCCCCCCC. The van der Waals surface area contributed by atoms with Gasteiger partial charge in [0, 0.05) is 12.8 Å². The van der Waals surface area contributed by atoms with Crippen LogP contribution in [0.3, 0.4) is 0 Å². The van der Waals surface area contributed by atoms with Crippen LogP contribution in [-0.2, 0) is 14.3 Å². The fourth-order valence-electron chi connectivity index (χ4n) is 10.0. The molecule has 0 rings (SSSR count). The molecule has 0 radical (unpaired) electrons. The first kappa shape index (κ1) is 69.3. The third kappa shape index (κ3) is 57.5. The van der Waals surface area contributed by atoms with E-state index in [0.717, 1.165) is 38.5 Å². The van der Waals surface area contributed by atoms with Crippen LogP contribution < -0.4 is 5.32 Å². The lowest BCUT2D eigenvalue weighted by molar-refractivity contribution is -0.143. The van der Waals surface area contributed by atoms with Crippen molar-refractivity contribution in [3.63, 3.8) is 0 Å². The van der Waals surface area contributed by atoms with Crippen LogP contribution in [0.5, 0.6) is 0 Å². The summed E-state index contributed by atoms with van der Waals surface area (Å²) in [6.45, 7) is 4.92. The van der Waals surface area contributed by atoms with Crippen molar-refractivity contribution in [3.8, 4) is 0 Å². The number of aliphatic hydroxyl groups is 2. The summed E-state index contributed by atoms with van der Waals surface area (Å²) < 4.78 is 5.49. The van der Waals surface area contributed by atoms with E-state index in [0.29, 0.717) is 19.4 Å². The van der Waals surface area contributed by atoms with Gasteiger partial charge in [-0.05, 0) is 57.8 Å². The lowest BCUT2D eigenvalue weighted by Crippen LogP contribution is -2.45. The second-order valence-corrected chi connectivity index (χ2v) is 22.1. The van der Waals surface area contributed by atoms with E-state index in [1.54, 1.807) is 6.08 Å². The molecule has 0 aromatic heterocycles. The van der Waals surface area contributed by atoms with E-state index in [1.165, 1.54) is 289 Å². The molecule has 0 aliphatic rings. The Morgan fingerprint density at radius 1 is 0.380 bits per heavy atom. The molecule has 0 aliphatic carbocycles. The van der Waals surface area contributed by atoms with Gasteiger partial charge in [-0.3, -0.25) is 9.59 Å². The molecule has 71 heavy (non-hydrogen) atoms. The summed E-state index contributed by atoms with van der Waals surface area (Å²) in [7, 11) is 0. The highest BCUT2D eigenvalue weighted by atomic mass is 16.5. The maximum absolute atomic E-state index is 12.5. The van der Waals surface area contributed by atoms with Gasteiger partial charge in [0.15, 0.2) is 0 Å². The average Bonchev–Trinajstić information content (AvgIpc) is 3.37. The second kappa shape index (κ2) is 60.9. The third-order valence-electron chi connectivity index (χ3n) is 15.0. The molecule has 2 unspecified atom stereocenters. The number of aliphatic hydroxyl groups excluding tert-OH is 2. The number of nitrogens with one attached hydrogen (secondary N) is 1. The van der Waals surface area contributed by atoms with Gasteiger partial charge in [-0.15, -0.1) is 0 Å². The number of ether oxygens (including phenoxy) is 1. The first-order chi connectivity index (χ1) is 35.0. The highest BCUT2D eigenvalue weighted by Gasteiger charge is 2.18. The molecule has 3 N–H and O–H groups in total. The molecule has 0 saturated heterocycles. The molecule has 420 valence electrons. The number of amides is 1. The fraction of sp³-hybridized carbons (Fsp3) is 0.908. The minimum Gasteiger partial charge on any atom is -0.466 e. The zero-order valence-corrected chi connectivity index (χ0v) is 48.0. The van der Waals surface area contributed by atoms with Crippen LogP contribution in [0.1, 0.15) is 354 Å². The first-order valence-corrected chi connectivity index (χ1v) is 32.1. The summed E-state index contributed by atoms with van der Waals surface area (Å²) >= 11 is 0. The van der Waals surface area contributed by atoms with Crippen molar-refractivity contribution in [2.45, 2.75) is 366 Å². The molecule has 1 amide bonds. The molecule has 6 heteroatoms. The van der Waals surface area contributed by atoms with E-state index < -0.39 is 12.1 Å². The summed E-state index contributed by atoms with van der Waals surface area (Å²) in [4.78, 5) is 24.5. The molecule has 0 aromatic rings. The number of carbonyl (C=O) groups excluding carboxylic acids is 2. The van der Waals surface area contributed by atoms with Crippen molar-refractivity contribution >= 4 is 11.9 Å². The molecule has 0 heterocycles. The zero-order valence-electron chi connectivity index (χ0n) is 48.0. The van der Waals surface area contributed by atoms with Gasteiger partial charge in [-0.2, -0.15) is 0 Å². The second-order valence-electron chi connectivity index (χ2n) is 22.1. The Kier molecular flexibility index (Phi) is 59.5. The Morgan fingerprint density at radius 3 is 1.00 bits per heavy atom. The highest BCUT2D eigenvalue weighted by Crippen LogP contribution is 2.18. The Morgan fingerprint density at radius 2 is 0.662 bits per heavy atom. The van der Waals surface area contributed by atoms with E-state index in [9.17, 15) is 19.8 Å². The molecule has 0 bridgehead atoms. The predicted octanol–water partition coefficient (Wildman–Crippen LogP) is 20.2. The Hall–Kier alpha value is -1.66. The van der Waals surface area contributed by atoms with Gasteiger partial charge in [-0.1, -0.05) is 308 Å². The lowest BCUT2D eigenvalue weighted by atomic mass is 10.0. The van der Waals surface area contributed by atoms with E-state index in [1.807, 2.05) is 6.08 Å². The topological polar surface area (TPSA) is 95.9 Å². The number of hydrogen-bond acceptors (Lipinski definition) is 5. The van der Waals surface area contributed by atoms with Crippen LogP contribution in [0.15, 0.2) is 24.3 Å². The maximum Gasteiger partial charge on any atom is 0.305 e. The van der Waals surface area contributed by atoms with Gasteiger partial charge >= 0.3 is 5.97 Å². The van der Waals surface area contributed by atoms with Crippen molar-refractivity contribution < 1.29 is 24.5 Å². The standard InChI is InChI=1S/C65H125NO5/c1-3-5-7-9-11-13-15-17-30-35-39-43-47-51-55-59-65(70)71-60-56-52-48-44-40-36-32-29-27-25-23-21-19-20-22-24-26-28-31-34-38-42-46-50-54-58-64(69)66-62(61-67)63(68)57-53-49-45-41-37-33-18-16-14-12-10-8-6-4-2/h20,22,53,57,62-63,67-68H,3-19,21,23-52,54-56,58-61H2,1-2H3,(H,66,69)/b22-20-,57-53+. The van der Waals surface area contributed by atoms with E-state index in [-0.39, 0.29) is 18.5 Å². The average molecular weight is 1000 g/mol. The summed E-state index contributed by atoms with van der Waals surface area (Å²) in [5, 5.41) is 23.1. The molecule has 0 saturated carbocycles. The number of carbonyl (C=O) groups is 2. The van der Waals surface area contributed by atoms with Gasteiger partial charge in [0.05, 0.1) is 25.4 Å². The van der Waals surface area contributed by atoms with Crippen molar-refractivity contribution in [2.75, 3.05) is 13.2 Å². The van der Waals surface area contributed by atoms with Gasteiger partial charge in [0.25, 0.3) is 0 Å². The zero-order chi connectivity index (χ0) is 51.4. The monoisotopic (exact) mass is 1000 g/mol. The van der Waals surface area contributed by atoms with Crippen LogP contribution in [0.4, 0.5) is 0 Å². The van der Waals surface area contributed by atoms with Crippen LogP contribution >= 0.6 is 0 Å². The third-order valence-corrected chi connectivity index (χ3v) is 15.0. The molecular formula is C65H125NO5. The molecule has 0 spiro atoms. The first-order valence-electron chi connectivity index (χ1n) is 32.1. The molecule has 0 aromatic carbocycles. The minimum absolute atomic E-state index is 0.0163. The molecule has 0 fully saturated rings. The van der Waals surface area contributed by atoms with Crippen molar-refractivity contribution in [1.29, 1.82) is 0 Å². The highest BCUT2D eigenvalue weighted by molar-refractivity contribution is 5.76. The number of hydrogen-bond donors (Lipinski definition) is 3. The number of unbranched alkanes of at least 4 members (excludes halogenated alkanes) is 47. The summed E-state index contributed by atoms with van der Waals surface area (Å²) in [6, 6.07) is -0.629. The normalized spacial score (nSPS) is 12.7. The molecule has 2 atom stereocenters. The van der Waals surface area contributed by atoms with Crippen molar-refractivity contribution in [1.82, 2.24) is 5.32 Å². The summed E-state index contributed by atoms with van der Waals surface area (Å²) in [5.41, 5.74) is 0. The Balaban J connectivity index is 3.40. The van der Waals surface area contributed by atoms with E-state index in [2.05, 4.69) is 31.3 Å². The maximum atomic E-state index is 12.5. The van der Waals surface area contributed by atoms with Crippen LogP contribution in [0.2, 0.25) is 0 Å². The quantitative estimate of drug-likeness (QED) is 0.0320. The van der Waals surface area contributed by atoms with Gasteiger partial charge in [-0.25, -0.2) is 0 Å². The fourth-order valence-corrected chi connectivity index (χ4v) is 10.0. The smallest absolute Gasteiger partial charge is 0.305 e. The van der Waals surface area contributed by atoms with E-state index >= 15 is 0 Å². The number of rotatable bonds is 60. The number of esters is 1. The van der Waals surface area contributed by atoms with Crippen molar-refractivity contribution in [2.24, 2.45) is 0 Å². The predicted molar refractivity (Wildman–Crippen MR) is 310 cm³/mol. The molecular weight excluding hydrogens is 875 g/mol. The van der Waals surface area contributed by atoms with Gasteiger partial charge in [0.2, 0.25) is 5.91 Å². The molecule has 6 nitrogen and oxygen atoms in total. The van der Waals surface area contributed by atoms with Gasteiger partial charge < -0.3 is 20.3 Å². The van der Waals surface area contributed by atoms with Crippen LogP contribution in [0, 0.1) is 0 Å². The van der Waals surface area contributed by atoms with Crippen molar-refractivity contribution in [3.05, 3.63) is 24.3 Å². The Labute approximate surface area is 443 Å². The van der Waals surface area contributed by atoms with Crippen LogP contribution in [0.25, 0.3) is 0 Å². The lowest BCUT2D eigenvalue weighted by Gasteiger charge is -2.20. The summed E-state index contributed by atoms with van der Waals surface area (Å²) in [6.07, 6.45) is 75.1. The van der Waals surface area contributed by atoms with Crippen LogP contribution in [-0.4, -0.2) is 47.4 Å². The number of allylic oxidation sites excluding steroid dienone is 3. The van der Waals surface area contributed by atoms with E-state index in [4.69, 9.17) is 4.74 Å². The molecule has 0 aliphatic heterocycles. The largest absolute Gasteiger partial charge is 0.466 e. The minimum atomic E-state index is -0.845.